The number of aromatic nitrogens is 1. The molecule has 222 valence electrons. The lowest BCUT2D eigenvalue weighted by atomic mass is 9.96. The van der Waals surface area contributed by atoms with Crippen LogP contribution in [0.25, 0.3) is 11.1 Å². The van der Waals surface area contributed by atoms with E-state index in [4.69, 9.17) is 0 Å². The van der Waals surface area contributed by atoms with Gasteiger partial charge < -0.3 is 0 Å². The molecule has 1 aromatic heterocycles. The van der Waals surface area contributed by atoms with Crippen molar-refractivity contribution in [1.82, 2.24) is 14.6 Å². The Morgan fingerprint density at radius 2 is 1.53 bits per heavy atom. The van der Waals surface area contributed by atoms with E-state index in [1.807, 2.05) is 19.1 Å². The highest BCUT2D eigenvalue weighted by Gasteiger charge is 2.38. The Balaban J connectivity index is 1.40. The van der Waals surface area contributed by atoms with Crippen molar-refractivity contribution in [2.24, 2.45) is 0 Å². The summed E-state index contributed by atoms with van der Waals surface area (Å²) in [4.78, 5) is 29.9. The maximum atomic E-state index is 13.7. The van der Waals surface area contributed by atoms with Crippen molar-refractivity contribution in [3.05, 3.63) is 119 Å². The fourth-order valence-corrected chi connectivity index (χ4v) is 6.75. The number of hydrogen-bond acceptors (Lipinski definition) is 5. The molecule has 4 aromatic rings. The number of sulfonamides is 1. The maximum Gasteiger partial charge on any atom is 0.417 e. The number of unbranched alkanes of at least 4 members (excludes halogenated alkanes) is 1. The number of carbonyl (C=O) groups is 2. The number of benzene rings is 3. The van der Waals surface area contributed by atoms with E-state index in [1.165, 1.54) is 6.07 Å². The number of aryl methyl sites for hydroxylation is 1. The summed E-state index contributed by atoms with van der Waals surface area (Å²) in [7, 11) is -4.61. The van der Waals surface area contributed by atoms with Crippen LogP contribution in [0.2, 0.25) is 0 Å². The van der Waals surface area contributed by atoms with Gasteiger partial charge in [0.25, 0.3) is 11.8 Å². The highest BCUT2D eigenvalue weighted by atomic mass is 32.2. The van der Waals surface area contributed by atoms with Gasteiger partial charge in [-0.3, -0.25) is 19.5 Å². The van der Waals surface area contributed by atoms with E-state index in [1.54, 1.807) is 54.9 Å². The summed E-state index contributed by atoms with van der Waals surface area (Å²) in [6.07, 6.45) is -0.578. The molecule has 1 unspecified atom stereocenters. The number of alkyl halides is 3. The number of hydrogen-bond donors (Lipinski definition) is 1. The van der Waals surface area contributed by atoms with Crippen molar-refractivity contribution in [3.63, 3.8) is 0 Å². The number of nitrogens with zero attached hydrogens (tertiary/aromatic N) is 2. The molecule has 2 heterocycles. The highest BCUT2D eigenvalue weighted by Crippen LogP contribution is 2.35. The minimum Gasteiger partial charge on any atom is -0.274 e. The number of pyridine rings is 1. The van der Waals surface area contributed by atoms with Crippen LogP contribution in [-0.2, 0) is 16.2 Å². The topological polar surface area (TPSA) is 96.4 Å². The summed E-state index contributed by atoms with van der Waals surface area (Å²) >= 11 is 0. The van der Waals surface area contributed by atoms with Gasteiger partial charge in [-0.15, -0.1) is 0 Å². The van der Waals surface area contributed by atoms with E-state index in [0.717, 1.165) is 39.8 Å². The Kier molecular flexibility index (Phi) is 8.48. The summed E-state index contributed by atoms with van der Waals surface area (Å²) in [5, 5.41) is 0. The first-order valence-corrected chi connectivity index (χ1v) is 15.1. The number of fused-ring (bicyclic) bond motifs is 1. The molecule has 11 heteroatoms. The molecule has 1 aliphatic rings. The van der Waals surface area contributed by atoms with Gasteiger partial charge in [0.2, 0.25) is 10.0 Å². The molecule has 0 spiro atoms. The predicted molar refractivity (Wildman–Crippen MR) is 155 cm³/mol. The van der Waals surface area contributed by atoms with E-state index in [-0.39, 0.29) is 24.8 Å². The van der Waals surface area contributed by atoms with Gasteiger partial charge in [0.15, 0.2) is 0 Å². The number of amides is 2. The molecule has 0 saturated carbocycles. The van der Waals surface area contributed by atoms with Crippen LogP contribution in [-0.4, -0.2) is 36.7 Å². The standard InChI is InChI=1S/C32H28F3N3O4S/c1-21-20-36-17-16-24(21)22-9-8-10-23(19-22)28(37-43(41,42)29-15-5-4-13-27(29)32(33,34)35)14-6-7-18-38-30(39)25-11-2-3-12-26(25)31(38)40/h2-5,8-13,15-17,19-20,28,37H,6-7,14,18H2,1H3. The molecule has 0 fully saturated rings. The molecule has 2 amide bonds. The first-order valence-electron chi connectivity index (χ1n) is 13.6. The van der Waals surface area contributed by atoms with Crippen molar-refractivity contribution in [2.75, 3.05) is 6.54 Å². The largest absolute Gasteiger partial charge is 0.417 e. The second-order valence-electron chi connectivity index (χ2n) is 10.3. The lowest BCUT2D eigenvalue weighted by molar-refractivity contribution is -0.139. The second kappa shape index (κ2) is 12.1. The lowest BCUT2D eigenvalue weighted by Gasteiger charge is -2.22. The van der Waals surface area contributed by atoms with E-state index in [9.17, 15) is 31.2 Å². The van der Waals surface area contributed by atoms with Crippen LogP contribution in [0.1, 0.15) is 62.7 Å². The fraction of sp³-hybridized carbons (Fsp3) is 0.219. The van der Waals surface area contributed by atoms with Crippen LogP contribution < -0.4 is 4.72 Å². The third-order valence-corrected chi connectivity index (χ3v) is 8.93. The van der Waals surface area contributed by atoms with Crippen LogP contribution in [0, 0.1) is 6.92 Å². The molecule has 0 bridgehead atoms. The number of halogens is 3. The first kappa shape index (κ1) is 30.1. The summed E-state index contributed by atoms with van der Waals surface area (Å²) < 4.78 is 70.5. The van der Waals surface area contributed by atoms with E-state index in [0.29, 0.717) is 29.5 Å². The average molecular weight is 608 g/mol. The van der Waals surface area contributed by atoms with Crippen molar-refractivity contribution in [1.29, 1.82) is 0 Å². The lowest BCUT2D eigenvalue weighted by Crippen LogP contribution is -2.32. The molecule has 1 N–H and O–H groups in total. The quantitative estimate of drug-likeness (QED) is 0.163. The van der Waals surface area contributed by atoms with Gasteiger partial charge in [0.1, 0.15) is 0 Å². The second-order valence-corrected chi connectivity index (χ2v) is 12.0. The molecule has 0 aliphatic carbocycles. The van der Waals surface area contributed by atoms with E-state index < -0.39 is 32.7 Å². The van der Waals surface area contributed by atoms with Crippen LogP contribution >= 0.6 is 0 Å². The van der Waals surface area contributed by atoms with Gasteiger partial charge in [-0.1, -0.05) is 42.5 Å². The monoisotopic (exact) mass is 607 g/mol. The zero-order chi connectivity index (χ0) is 30.8. The SMILES string of the molecule is Cc1cnccc1-c1cccc(C(CCCCN2C(=O)c3ccccc3C2=O)NS(=O)(=O)c2ccccc2C(F)(F)F)c1. The van der Waals surface area contributed by atoms with Crippen molar-refractivity contribution in [2.45, 2.75) is 43.3 Å². The Morgan fingerprint density at radius 3 is 2.21 bits per heavy atom. The minimum atomic E-state index is -4.87. The minimum absolute atomic E-state index is 0.124. The zero-order valence-electron chi connectivity index (χ0n) is 23.1. The Bertz CT molecular complexity index is 1760. The Labute approximate surface area is 247 Å². The van der Waals surface area contributed by atoms with Crippen LogP contribution in [0.3, 0.4) is 0 Å². The van der Waals surface area contributed by atoms with Gasteiger partial charge in [-0.2, -0.15) is 13.2 Å². The van der Waals surface area contributed by atoms with Gasteiger partial charge in [0, 0.05) is 25.0 Å². The third kappa shape index (κ3) is 6.37. The molecule has 0 saturated heterocycles. The van der Waals surface area contributed by atoms with Crippen molar-refractivity contribution in [3.8, 4) is 11.1 Å². The molecule has 0 radical (unpaired) electrons. The van der Waals surface area contributed by atoms with E-state index >= 15 is 0 Å². The van der Waals surface area contributed by atoms with E-state index in [2.05, 4.69) is 9.71 Å². The van der Waals surface area contributed by atoms with Crippen LogP contribution in [0.4, 0.5) is 13.2 Å². The van der Waals surface area contributed by atoms with Gasteiger partial charge >= 0.3 is 6.18 Å². The normalized spacial score (nSPS) is 14.2. The van der Waals surface area contributed by atoms with Gasteiger partial charge in [-0.25, -0.2) is 13.1 Å². The highest BCUT2D eigenvalue weighted by molar-refractivity contribution is 7.89. The summed E-state index contributed by atoms with van der Waals surface area (Å²) in [6, 6.07) is 18.7. The van der Waals surface area contributed by atoms with Crippen molar-refractivity contribution < 1.29 is 31.2 Å². The molecule has 1 aliphatic heterocycles. The number of nitrogens with one attached hydrogen (secondary N) is 1. The molecule has 43 heavy (non-hydrogen) atoms. The molecule has 7 nitrogen and oxygen atoms in total. The summed E-state index contributed by atoms with van der Waals surface area (Å²) in [5.74, 6) is -0.774. The maximum absolute atomic E-state index is 13.7. The van der Waals surface area contributed by atoms with Gasteiger partial charge in [0.05, 0.1) is 21.6 Å². The zero-order valence-corrected chi connectivity index (χ0v) is 24.0. The smallest absolute Gasteiger partial charge is 0.274 e. The number of carbonyl (C=O) groups excluding carboxylic acids is 2. The molecule has 5 rings (SSSR count). The first-order chi connectivity index (χ1) is 20.5. The molecular weight excluding hydrogens is 579 g/mol. The Hall–Kier alpha value is -4.35. The van der Waals surface area contributed by atoms with Crippen LogP contribution in [0.15, 0.2) is 96.2 Å². The fourth-order valence-electron chi connectivity index (χ4n) is 5.26. The Morgan fingerprint density at radius 1 is 0.860 bits per heavy atom. The molecule has 1 atom stereocenters. The number of rotatable bonds is 10. The average Bonchev–Trinajstić information content (AvgIpc) is 3.23. The summed E-state index contributed by atoms with van der Waals surface area (Å²) in [5.41, 5.74) is 2.55. The third-order valence-electron chi connectivity index (χ3n) is 7.40. The molecular formula is C32H28F3N3O4S. The predicted octanol–water partition coefficient (Wildman–Crippen LogP) is 6.56. The molecule has 3 aromatic carbocycles. The van der Waals surface area contributed by atoms with Gasteiger partial charge in [-0.05, 0) is 84.8 Å². The number of imide groups is 1. The van der Waals surface area contributed by atoms with Crippen LogP contribution in [0.5, 0.6) is 0 Å². The summed E-state index contributed by atoms with van der Waals surface area (Å²) in [6.45, 7) is 2.02. The van der Waals surface area contributed by atoms with Crippen molar-refractivity contribution >= 4 is 21.8 Å².